The van der Waals surface area contributed by atoms with Crippen molar-refractivity contribution in [1.82, 2.24) is 9.47 Å². The van der Waals surface area contributed by atoms with Crippen LogP contribution in [0.25, 0.3) is 17.4 Å². The van der Waals surface area contributed by atoms with Crippen molar-refractivity contribution in [1.29, 1.82) is 0 Å². The molecular weight excluding hydrogens is 562 g/mol. The lowest BCUT2D eigenvalue weighted by molar-refractivity contribution is -0.127. The molecule has 0 saturated carbocycles. The van der Waals surface area contributed by atoms with Crippen LogP contribution in [0.5, 0.6) is 11.5 Å². The minimum absolute atomic E-state index is 0.183. The smallest absolute Gasteiger partial charge is 0.271 e. The predicted octanol–water partition coefficient (Wildman–Crippen LogP) is 5.03. The van der Waals surface area contributed by atoms with Gasteiger partial charge in [0, 0.05) is 35.3 Å². The van der Waals surface area contributed by atoms with Crippen LogP contribution in [-0.2, 0) is 4.79 Å². The minimum Gasteiger partial charge on any atom is -0.497 e. The highest BCUT2D eigenvalue weighted by atomic mass is 35.5. The third kappa shape index (κ3) is 5.35. The van der Waals surface area contributed by atoms with E-state index in [4.69, 9.17) is 30.5 Å². The first-order valence-electron chi connectivity index (χ1n) is 13.2. The number of furan rings is 1. The standard InChI is InChI=1S/C31H30ClN3O5S/c1-6-34(7-2)30(37)27-18(3)33-31-35(28(27)23-16-21(38-4)11-14-25(23)39-5)29(36)26(41-31)17-22-12-13-24(40-22)19-9-8-10-20(32)15-19/h8-17,28H,6-7H2,1-5H3/b26-17+/t28-/m1/s1. The van der Waals surface area contributed by atoms with Gasteiger partial charge < -0.3 is 18.8 Å². The predicted molar refractivity (Wildman–Crippen MR) is 160 cm³/mol. The first-order valence-corrected chi connectivity index (χ1v) is 14.4. The van der Waals surface area contributed by atoms with Crippen LogP contribution in [0.15, 0.2) is 80.1 Å². The van der Waals surface area contributed by atoms with Gasteiger partial charge in [0.15, 0.2) is 4.80 Å². The number of carbonyl (C=O) groups excluding carboxylic acids is 1. The zero-order chi connectivity index (χ0) is 29.3. The fourth-order valence-corrected chi connectivity index (χ4v) is 6.20. The Morgan fingerprint density at radius 3 is 2.59 bits per heavy atom. The van der Waals surface area contributed by atoms with Crippen LogP contribution in [0.4, 0.5) is 0 Å². The Morgan fingerprint density at radius 2 is 1.90 bits per heavy atom. The summed E-state index contributed by atoms with van der Waals surface area (Å²) in [4.78, 5) is 34.9. The largest absolute Gasteiger partial charge is 0.497 e. The Kier molecular flexibility index (Phi) is 8.19. The van der Waals surface area contributed by atoms with Crippen molar-refractivity contribution < 1.29 is 18.7 Å². The molecule has 0 bridgehead atoms. The molecular formula is C31H30ClN3O5S. The molecule has 4 aromatic rings. The maximum absolute atomic E-state index is 14.1. The number of benzene rings is 2. The number of amides is 1. The number of ether oxygens (including phenoxy) is 2. The summed E-state index contributed by atoms with van der Waals surface area (Å²) < 4.78 is 19.2. The Labute approximate surface area is 246 Å². The second-order valence-corrected chi connectivity index (χ2v) is 10.8. The van der Waals surface area contributed by atoms with Gasteiger partial charge in [-0.3, -0.25) is 14.2 Å². The van der Waals surface area contributed by atoms with Crippen molar-refractivity contribution in [3.8, 4) is 22.8 Å². The van der Waals surface area contributed by atoms with Gasteiger partial charge in [0.25, 0.3) is 11.5 Å². The van der Waals surface area contributed by atoms with Crippen molar-refractivity contribution >= 4 is 34.9 Å². The fourth-order valence-electron chi connectivity index (χ4n) is 4.98. The Hall–Kier alpha value is -4.08. The quantitative estimate of drug-likeness (QED) is 0.287. The molecule has 2 aromatic heterocycles. The lowest BCUT2D eigenvalue weighted by Crippen LogP contribution is -2.43. The highest BCUT2D eigenvalue weighted by Crippen LogP contribution is 2.38. The Bertz CT molecular complexity index is 1830. The summed E-state index contributed by atoms with van der Waals surface area (Å²) >= 11 is 7.39. The average molecular weight is 592 g/mol. The molecule has 0 fully saturated rings. The molecule has 0 unspecified atom stereocenters. The number of hydrogen-bond donors (Lipinski definition) is 0. The number of rotatable bonds is 8. The van der Waals surface area contributed by atoms with Gasteiger partial charge >= 0.3 is 0 Å². The summed E-state index contributed by atoms with van der Waals surface area (Å²) in [7, 11) is 3.13. The summed E-state index contributed by atoms with van der Waals surface area (Å²) in [6, 6.07) is 15.6. The van der Waals surface area contributed by atoms with E-state index in [1.807, 2.05) is 38.1 Å². The summed E-state index contributed by atoms with van der Waals surface area (Å²) in [5.74, 6) is 2.07. The number of nitrogens with zero attached hydrogens (tertiary/aromatic N) is 3. The zero-order valence-corrected chi connectivity index (χ0v) is 25.0. The maximum atomic E-state index is 14.1. The molecule has 1 atom stereocenters. The van der Waals surface area contributed by atoms with Gasteiger partial charge in [-0.25, -0.2) is 4.99 Å². The normalized spacial score (nSPS) is 15.0. The molecule has 0 radical (unpaired) electrons. The number of likely N-dealkylation sites (N-methyl/N-ethyl adjacent to an activating group) is 1. The fraction of sp³-hybridized carbons (Fsp3) is 0.258. The van der Waals surface area contributed by atoms with E-state index < -0.39 is 6.04 Å². The first kappa shape index (κ1) is 28.4. The summed E-state index contributed by atoms with van der Waals surface area (Å²) in [5, 5.41) is 0.604. The average Bonchev–Trinajstić information content (AvgIpc) is 3.56. The van der Waals surface area contributed by atoms with Crippen LogP contribution in [0.1, 0.15) is 38.1 Å². The SMILES string of the molecule is CCN(CC)C(=O)C1=C(C)N=c2s/c(=C/c3ccc(-c4cccc(Cl)c4)o3)c(=O)n2[C@@H]1c1cc(OC)ccc1OC. The van der Waals surface area contributed by atoms with E-state index in [1.54, 1.807) is 67.0 Å². The van der Waals surface area contributed by atoms with E-state index in [2.05, 4.69) is 0 Å². The van der Waals surface area contributed by atoms with Crippen LogP contribution in [-0.4, -0.2) is 42.7 Å². The molecule has 1 aliphatic rings. The van der Waals surface area contributed by atoms with Gasteiger partial charge in [0.1, 0.15) is 29.1 Å². The number of allylic oxidation sites excluding steroid dienone is 1. The number of aromatic nitrogens is 1. The van der Waals surface area contributed by atoms with Crippen molar-refractivity contribution in [2.75, 3.05) is 27.3 Å². The van der Waals surface area contributed by atoms with Gasteiger partial charge in [0.05, 0.1) is 30.0 Å². The van der Waals surface area contributed by atoms with Crippen LogP contribution in [0, 0.1) is 0 Å². The molecule has 212 valence electrons. The van der Waals surface area contributed by atoms with Crippen molar-refractivity contribution in [2.45, 2.75) is 26.8 Å². The molecule has 0 aliphatic carbocycles. The summed E-state index contributed by atoms with van der Waals surface area (Å²) in [6.07, 6.45) is 1.70. The molecule has 3 heterocycles. The van der Waals surface area contributed by atoms with E-state index in [0.717, 1.165) is 5.56 Å². The Balaban J connectivity index is 1.70. The molecule has 5 rings (SSSR count). The monoisotopic (exact) mass is 591 g/mol. The molecule has 2 aromatic carbocycles. The molecule has 10 heteroatoms. The second-order valence-electron chi connectivity index (χ2n) is 9.38. The minimum atomic E-state index is -0.773. The van der Waals surface area contributed by atoms with Crippen molar-refractivity contribution in [3.63, 3.8) is 0 Å². The number of methoxy groups -OCH3 is 2. The third-order valence-corrected chi connectivity index (χ3v) is 8.26. The number of halogens is 1. The maximum Gasteiger partial charge on any atom is 0.271 e. The molecule has 0 saturated heterocycles. The molecule has 1 amide bonds. The van der Waals surface area contributed by atoms with Crippen LogP contribution >= 0.6 is 22.9 Å². The van der Waals surface area contributed by atoms with Gasteiger partial charge in [-0.2, -0.15) is 0 Å². The topological polar surface area (TPSA) is 86.3 Å². The van der Waals surface area contributed by atoms with Gasteiger partial charge in [-0.15, -0.1) is 0 Å². The highest BCUT2D eigenvalue weighted by molar-refractivity contribution is 7.07. The van der Waals surface area contributed by atoms with Crippen molar-refractivity contribution in [2.24, 2.45) is 4.99 Å². The summed E-state index contributed by atoms with van der Waals surface area (Å²) in [6.45, 7) is 6.69. The molecule has 1 aliphatic heterocycles. The zero-order valence-electron chi connectivity index (χ0n) is 23.4. The molecule has 8 nitrogen and oxygen atoms in total. The van der Waals surface area contributed by atoms with E-state index in [1.165, 1.54) is 11.3 Å². The highest BCUT2D eigenvalue weighted by Gasteiger charge is 2.36. The first-order chi connectivity index (χ1) is 19.8. The van der Waals surface area contributed by atoms with E-state index in [-0.39, 0.29) is 11.5 Å². The lowest BCUT2D eigenvalue weighted by atomic mass is 9.93. The molecule has 0 N–H and O–H groups in total. The second kappa shape index (κ2) is 11.8. The van der Waals surface area contributed by atoms with Crippen LogP contribution < -0.4 is 24.4 Å². The number of carbonyl (C=O) groups is 1. The third-order valence-electron chi connectivity index (χ3n) is 7.04. The summed E-state index contributed by atoms with van der Waals surface area (Å²) in [5.41, 5.74) is 2.14. The number of thiazole rings is 1. The number of fused-ring (bicyclic) bond motifs is 1. The Morgan fingerprint density at radius 1 is 1.12 bits per heavy atom. The lowest BCUT2D eigenvalue weighted by Gasteiger charge is -2.30. The van der Waals surface area contributed by atoms with Crippen LogP contribution in [0.3, 0.4) is 0 Å². The number of hydrogen-bond acceptors (Lipinski definition) is 7. The van der Waals surface area contributed by atoms with Crippen molar-refractivity contribution in [3.05, 3.63) is 102 Å². The van der Waals surface area contributed by atoms with Gasteiger partial charge in [-0.05, 0) is 63.2 Å². The van der Waals surface area contributed by atoms with E-state index >= 15 is 0 Å². The van der Waals surface area contributed by atoms with Crippen LogP contribution in [0.2, 0.25) is 5.02 Å². The van der Waals surface area contributed by atoms with Gasteiger partial charge in [0.2, 0.25) is 0 Å². The van der Waals surface area contributed by atoms with E-state index in [9.17, 15) is 9.59 Å². The van der Waals surface area contributed by atoms with E-state index in [0.29, 0.717) is 67.3 Å². The van der Waals surface area contributed by atoms with Gasteiger partial charge in [-0.1, -0.05) is 35.1 Å². The molecule has 41 heavy (non-hydrogen) atoms. The molecule has 0 spiro atoms.